The molecule has 0 unspecified atom stereocenters. The molecule has 6 rings (SSSR count). The van der Waals surface area contributed by atoms with Crippen molar-refractivity contribution in [3.8, 4) is 16.9 Å². The van der Waals surface area contributed by atoms with Crippen molar-refractivity contribution in [1.29, 1.82) is 0 Å². The number of hydrogen-bond acceptors (Lipinski definition) is 9. The third-order valence-corrected chi connectivity index (χ3v) is 8.33. The molecule has 3 aromatic heterocycles. The van der Waals surface area contributed by atoms with E-state index in [-0.39, 0.29) is 0 Å². The Morgan fingerprint density at radius 1 is 1.03 bits per heavy atom. The van der Waals surface area contributed by atoms with Gasteiger partial charge in [0.25, 0.3) is 0 Å². The maximum Gasteiger partial charge on any atom is 0.229 e. The first-order valence-electron chi connectivity index (χ1n) is 11.9. The smallest absolute Gasteiger partial charge is 0.229 e. The number of halogens is 1. The van der Waals surface area contributed by atoms with Gasteiger partial charge < -0.3 is 19.9 Å². The Morgan fingerprint density at radius 2 is 1.87 bits per heavy atom. The van der Waals surface area contributed by atoms with Crippen LogP contribution >= 0.6 is 23.1 Å². The van der Waals surface area contributed by atoms with Crippen LogP contribution in [0.1, 0.15) is 5.56 Å². The molecule has 5 aromatic rings. The maximum absolute atomic E-state index is 13.3. The van der Waals surface area contributed by atoms with E-state index in [0.717, 1.165) is 34.5 Å². The molecular weight excluding hydrogens is 567 g/mol. The highest BCUT2D eigenvalue weighted by Gasteiger charge is 2.23. The average molecular weight is 591 g/mol. The third kappa shape index (κ3) is 4.63. The van der Waals surface area contributed by atoms with Crippen LogP contribution in [-0.4, -0.2) is 49.7 Å². The Morgan fingerprint density at radius 3 is 2.66 bits per heavy atom. The zero-order valence-electron chi connectivity index (χ0n) is 20.9. The number of rotatable bonds is 6. The number of fused-ring (bicyclic) bond motifs is 2. The summed E-state index contributed by atoms with van der Waals surface area (Å²) in [6, 6.07) is 7.86. The van der Waals surface area contributed by atoms with Crippen molar-refractivity contribution in [2.24, 2.45) is 7.05 Å². The van der Waals surface area contributed by atoms with Gasteiger partial charge in [-0.3, -0.25) is 14.6 Å². The molecule has 1 aliphatic rings. The van der Waals surface area contributed by atoms with Gasteiger partial charge in [-0.1, -0.05) is 0 Å². The number of benzene rings is 2. The molecule has 38 heavy (non-hydrogen) atoms. The van der Waals surface area contributed by atoms with Gasteiger partial charge in [-0.05, 0) is 59.1 Å². The van der Waals surface area contributed by atoms with Gasteiger partial charge in [0.2, 0.25) is 5.95 Å². The molecule has 0 spiro atoms. The summed E-state index contributed by atoms with van der Waals surface area (Å²) in [7, 11) is -0.829. The van der Waals surface area contributed by atoms with Gasteiger partial charge in [0.1, 0.15) is 24.2 Å². The lowest BCUT2D eigenvalue weighted by atomic mass is 10.0. The summed E-state index contributed by atoms with van der Waals surface area (Å²) in [5, 5.41) is 11.6. The topological polar surface area (TPSA) is 120 Å². The lowest BCUT2D eigenvalue weighted by Gasteiger charge is -2.18. The number of hydrogen-bond donors (Lipinski definition) is 2. The van der Waals surface area contributed by atoms with E-state index in [9.17, 15) is 4.57 Å². The Hall–Kier alpha value is -3.82. The second kappa shape index (κ2) is 9.49. The molecule has 0 amide bonds. The highest BCUT2D eigenvalue weighted by Crippen LogP contribution is 2.42. The number of aryl methyl sites for hydroxylation is 1. The Bertz CT molecular complexity index is 1750. The average Bonchev–Trinajstić information content (AvgIpc) is 3.54. The standard InChI is InChI=1S/C26H24BrN8O2P/c1-35-14-17(12-31-35)16-10-15-6-9-37-23(15)21(11-16)33-26-30-13-18(27)25(34-26)32-20-5-4-19-22(29-8-7-28-19)24(20)38(2,3)36/h4-5,7-8,10-14H,6,9H2,1-3H3,(H2,30,32,33,34). The molecule has 10 nitrogen and oxygen atoms in total. The highest BCUT2D eigenvalue weighted by molar-refractivity contribution is 9.10. The summed E-state index contributed by atoms with van der Waals surface area (Å²) in [5.41, 5.74) is 5.88. The number of nitrogens with one attached hydrogen (secondary N) is 2. The first-order valence-corrected chi connectivity index (χ1v) is 15.3. The molecular formula is C26H24BrN8O2P. The molecule has 2 aromatic carbocycles. The van der Waals surface area contributed by atoms with E-state index in [1.807, 2.05) is 37.6 Å². The van der Waals surface area contributed by atoms with E-state index < -0.39 is 7.14 Å². The number of nitrogens with zero attached hydrogens (tertiary/aromatic N) is 6. The fraction of sp³-hybridized carbons (Fsp3) is 0.192. The minimum Gasteiger partial charge on any atom is -0.491 e. The SMILES string of the molecule is Cn1cc(-c2cc3c(c(Nc4ncc(Br)c(Nc5ccc6nccnc6c5P(C)(C)=O)n4)c2)OCC3)cn1. The van der Waals surface area contributed by atoms with E-state index in [1.165, 1.54) is 0 Å². The summed E-state index contributed by atoms with van der Waals surface area (Å²) in [4.78, 5) is 18.0. The van der Waals surface area contributed by atoms with E-state index in [2.05, 4.69) is 52.7 Å². The molecule has 192 valence electrons. The summed E-state index contributed by atoms with van der Waals surface area (Å²) in [6.07, 6.45) is 9.54. The van der Waals surface area contributed by atoms with Gasteiger partial charge in [-0.15, -0.1) is 0 Å². The summed E-state index contributed by atoms with van der Waals surface area (Å²) in [5.74, 6) is 1.70. The second-order valence-electron chi connectivity index (χ2n) is 9.39. The fourth-order valence-corrected chi connectivity index (χ4v) is 6.25. The predicted molar refractivity (Wildman–Crippen MR) is 153 cm³/mol. The molecule has 0 radical (unpaired) electrons. The van der Waals surface area contributed by atoms with Crippen molar-refractivity contribution < 1.29 is 9.30 Å². The van der Waals surface area contributed by atoms with Crippen LogP contribution in [0.4, 0.5) is 23.1 Å². The van der Waals surface area contributed by atoms with Crippen LogP contribution in [0.15, 0.2) is 59.7 Å². The first-order chi connectivity index (χ1) is 18.3. The molecule has 0 saturated heterocycles. The van der Waals surface area contributed by atoms with Crippen molar-refractivity contribution in [2.45, 2.75) is 6.42 Å². The van der Waals surface area contributed by atoms with Crippen LogP contribution in [0.3, 0.4) is 0 Å². The van der Waals surface area contributed by atoms with Crippen molar-refractivity contribution >= 4 is 62.6 Å². The van der Waals surface area contributed by atoms with Gasteiger partial charge in [0.05, 0.1) is 39.5 Å². The van der Waals surface area contributed by atoms with Gasteiger partial charge in [0, 0.05) is 49.4 Å². The van der Waals surface area contributed by atoms with Crippen molar-refractivity contribution in [2.75, 3.05) is 30.6 Å². The maximum atomic E-state index is 13.3. The Kier molecular flexibility index (Phi) is 6.12. The van der Waals surface area contributed by atoms with Gasteiger partial charge >= 0.3 is 0 Å². The molecule has 2 N–H and O–H groups in total. The van der Waals surface area contributed by atoms with E-state index in [4.69, 9.17) is 9.72 Å². The molecule has 0 atom stereocenters. The fourth-order valence-electron chi connectivity index (χ4n) is 4.57. The molecule has 4 heterocycles. The molecule has 0 saturated carbocycles. The number of anilines is 4. The van der Waals surface area contributed by atoms with E-state index in [1.54, 1.807) is 36.6 Å². The first kappa shape index (κ1) is 24.5. The van der Waals surface area contributed by atoms with Crippen molar-refractivity contribution in [3.05, 3.63) is 65.3 Å². The van der Waals surface area contributed by atoms with Crippen molar-refractivity contribution in [3.63, 3.8) is 0 Å². The zero-order chi connectivity index (χ0) is 26.4. The van der Waals surface area contributed by atoms with Crippen LogP contribution in [0, 0.1) is 0 Å². The normalized spacial score (nSPS) is 12.8. The third-order valence-electron chi connectivity index (χ3n) is 6.22. The van der Waals surface area contributed by atoms with E-state index >= 15 is 0 Å². The Labute approximate surface area is 227 Å². The van der Waals surface area contributed by atoms with Crippen LogP contribution in [0.5, 0.6) is 5.75 Å². The van der Waals surface area contributed by atoms with Gasteiger partial charge in [0.15, 0.2) is 0 Å². The minimum atomic E-state index is -2.73. The summed E-state index contributed by atoms with van der Waals surface area (Å²) >= 11 is 3.55. The highest BCUT2D eigenvalue weighted by atomic mass is 79.9. The molecule has 1 aliphatic heterocycles. The summed E-state index contributed by atoms with van der Waals surface area (Å²) in [6.45, 7) is 4.06. The largest absolute Gasteiger partial charge is 0.491 e. The summed E-state index contributed by atoms with van der Waals surface area (Å²) < 4.78 is 21.7. The lowest BCUT2D eigenvalue weighted by Crippen LogP contribution is -2.14. The molecule has 12 heteroatoms. The number of aromatic nitrogens is 6. The zero-order valence-corrected chi connectivity index (χ0v) is 23.4. The van der Waals surface area contributed by atoms with Crippen LogP contribution < -0.4 is 20.7 Å². The van der Waals surface area contributed by atoms with Crippen LogP contribution in [0.2, 0.25) is 0 Å². The molecule has 0 bridgehead atoms. The van der Waals surface area contributed by atoms with E-state index in [0.29, 0.717) is 44.9 Å². The van der Waals surface area contributed by atoms with Gasteiger partial charge in [-0.25, -0.2) is 4.98 Å². The Balaban J connectivity index is 1.37. The monoisotopic (exact) mass is 590 g/mol. The van der Waals surface area contributed by atoms with Crippen LogP contribution in [-0.2, 0) is 18.0 Å². The minimum absolute atomic E-state index is 0.384. The molecule has 0 aliphatic carbocycles. The second-order valence-corrected chi connectivity index (χ2v) is 13.4. The van der Waals surface area contributed by atoms with Crippen LogP contribution in [0.25, 0.3) is 22.2 Å². The predicted octanol–water partition coefficient (Wildman–Crippen LogP) is 5.25. The quantitative estimate of drug-likeness (QED) is 0.255. The molecule has 0 fully saturated rings. The number of ether oxygens (including phenoxy) is 1. The van der Waals surface area contributed by atoms with Gasteiger partial charge in [-0.2, -0.15) is 10.1 Å². The lowest BCUT2D eigenvalue weighted by molar-refractivity contribution is 0.358. The van der Waals surface area contributed by atoms with Crippen molar-refractivity contribution in [1.82, 2.24) is 29.7 Å².